The Hall–Kier alpha value is -1.66. The van der Waals surface area contributed by atoms with Gasteiger partial charge in [0, 0.05) is 16.7 Å². The van der Waals surface area contributed by atoms with E-state index in [4.69, 9.17) is 0 Å². The molecule has 104 valence electrons. The molecule has 2 rings (SSSR count). The van der Waals surface area contributed by atoms with Crippen molar-refractivity contribution < 1.29 is 17.6 Å². The Labute approximate surface area is 120 Å². The fraction of sp³-hybridized carbons (Fsp3) is 0.0714. The van der Waals surface area contributed by atoms with Crippen LogP contribution in [0.15, 0.2) is 57.2 Å². The van der Waals surface area contributed by atoms with E-state index in [1.807, 2.05) is 0 Å². The molecule has 0 atom stereocenters. The lowest BCUT2D eigenvalue weighted by atomic mass is 10.2. The summed E-state index contributed by atoms with van der Waals surface area (Å²) in [5.41, 5.74) is 0.266. The molecule has 0 bridgehead atoms. The highest BCUT2D eigenvalue weighted by molar-refractivity contribution is 7.99. The van der Waals surface area contributed by atoms with Crippen LogP contribution >= 0.6 is 11.8 Å². The van der Waals surface area contributed by atoms with Crippen molar-refractivity contribution in [1.82, 2.24) is 0 Å². The predicted octanol–water partition coefficient (Wildman–Crippen LogP) is 3.19. The van der Waals surface area contributed by atoms with Gasteiger partial charge in [-0.1, -0.05) is 23.9 Å². The molecule has 0 aromatic heterocycles. The lowest BCUT2D eigenvalue weighted by molar-refractivity contribution is 0.112. The Morgan fingerprint density at radius 1 is 1.10 bits per heavy atom. The molecule has 20 heavy (non-hydrogen) atoms. The van der Waals surface area contributed by atoms with Gasteiger partial charge in [-0.25, -0.2) is 12.8 Å². The molecule has 0 spiro atoms. The number of aldehydes is 1. The van der Waals surface area contributed by atoms with E-state index >= 15 is 0 Å². The predicted molar refractivity (Wildman–Crippen MR) is 75.5 cm³/mol. The minimum atomic E-state index is -3.25. The highest BCUT2D eigenvalue weighted by atomic mass is 32.2. The Bertz CT molecular complexity index is 738. The standard InChI is InChI=1S/C14H11FO3S2/c1-20(17,18)12-7-5-11(6-8-12)19-14-10(9-16)3-2-4-13(14)15/h2-9H,1H3. The van der Waals surface area contributed by atoms with Crippen LogP contribution in [0, 0.1) is 5.82 Å². The monoisotopic (exact) mass is 310 g/mol. The summed E-state index contributed by atoms with van der Waals surface area (Å²) in [6, 6.07) is 10.4. The van der Waals surface area contributed by atoms with Crippen molar-refractivity contribution in [3.63, 3.8) is 0 Å². The summed E-state index contributed by atoms with van der Waals surface area (Å²) in [6.07, 6.45) is 1.72. The van der Waals surface area contributed by atoms with Gasteiger partial charge in [0.2, 0.25) is 0 Å². The SMILES string of the molecule is CS(=O)(=O)c1ccc(Sc2c(F)cccc2C=O)cc1. The van der Waals surface area contributed by atoms with Crippen molar-refractivity contribution in [3.8, 4) is 0 Å². The second kappa shape index (κ2) is 5.76. The van der Waals surface area contributed by atoms with Crippen LogP contribution in [0.5, 0.6) is 0 Å². The van der Waals surface area contributed by atoms with Crippen molar-refractivity contribution in [2.45, 2.75) is 14.7 Å². The first-order valence-electron chi connectivity index (χ1n) is 5.63. The average Bonchev–Trinajstić information content (AvgIpc) is 2.40. The summed E-state index contributed by atoms with van der Waals surface area (Å²) in [6.45, 7) is 0. The molecule has 2 aromatic rings. The zero-order valence-corrected chi connectivity index (χ0v) is 12.2. The Morgan fingerprint density at radius 3 is 2.30 bits per heavy atom. The van der Waals surface area contributed by atoms with Crippen molar-refractivity contribution in [3.05, 3.63) is 53.8 Å². The van der Waals surface area contributed by atoms with Crippen molar-refractivity contribution in [2.75, 3.05) is 6.26 Å². The van der Waals surface area contributed by atoms with Crippen molar-refractivity contribution in [2.24, 2.45) is 0 Å². The van der Waals surface area contributed by atoms with E-state index in [2.05, 4.69) is 0 Å². The number of rotatable bonds is 4. The van der Waals surface area contributed by atoms with E-state index in [0.717, 1.165) is 18.0 Å². The van der Waals surface area contributed by atoms with Crippen molar-refractivity contribution in [1.29, 1.82) is 0 Å². The molecule has 0 aliphatic rings. The van der Waals surface area contributed by atoms with Crippen molar-refractivity contribution >= 4 is 27.9 Å². The molecule has 0 fully saturated rings. The van der Waals surface area contributed by atoms with E-state index in [-0.39, 0.29) is 15.4 Å². The van der Waals surface area contributed by atoms with Gasteiger partial charge in [0.15, 0.2) is 16.1 Å². The van der Waals surface area contributed by atoms with Gasteiger partial charge in [-0.15, -0.1) is 0 Å². The maximum absolute atomic E-state index is 13.7. The molecule has 6 heteroatoms. The molecular weight excluding hydrogens is 299 g/mol. The second-order valence-electron chi connectivity index (χ2n) is 4.12. The van der Waals surface area contributed by atoms with Gasteiger partial charge in [0.05, 0.1) is 9.79 Å². The molecule has 3 nitrogen and oxygen atoms in total. The zero-order valence-electron chi connectivity index (χ0n) is 10.5. The van der Waals surface area contributed by atoms with Gasteiger partial charge in [-0.05, 0) is 30.3 Å². The number of carbonyl (C=O) groups excluding carboxylic acids is 1. The van der Waals surface area contributed by atoms with Crippen LogP contribution in [-0.2, 0) is 9.84 Å². The van der Waals surface area contributed by atoms with Gasteiger partial charge in [0.25, 0.3) is 0 Å². The molecule has 0 saturated carbocycles. The smallest absolute Gasteiger partial charge is 0.175 e. The molecule has 2 aromatic carbocycles. The normalized spacial score (nSPS) is 11.3. The Balaban J connectivity index is 2.34. The summed E-state index contributed by atoms with van der Waals surface area (Å²) in [4.78, 5) is 12.0. The highest BCUT2D eigenvalue weighted by Gasteiger charge is 2.11. The molecule has 0 unspecified atom stereocenters. The first-order chi connectivity index (χ1) is 9.41. The van der Waals surface area contributed by atoms with E-state index in [1.165, 1.54) is 30.3 Å². The maximum Gasteiger partial charge on any atom is 0.175 e. The van der Waals surface area contributed by atoms with Crippen LogP contribution in [0.4, 0.5) is 4.39 Å². The van der Waals surface area contributed by atoms with Crippen LogP contribution in [0.2, 0.25) is 0 Å². The van der Waals surface area contributed by atoms with E-state index in [9.17, 15) is 17.6 Å². The molecule has 0 heterocycles. The van der Waals surface area contributed by atoms with Crippen LogP contribution < -0.4 is 0 Å². The van der Waals surface area contributed by atoms with Gasteiger partial charge in [0.1, 0.15) is 5.82 Å². The van der Waals surface area contributed by atoms with E-state index < -0.39 is 15.7 Å². The fourth-order valence-electron chi connectivity index (χ4n) is 1.60. The van der Waals surface area contributed by atoms with Gasteiger partial charge < -0.3 is 0 Å². The summed E-state index contributed by atoms with van der Waals surface area (Å²) < 4.78 is 36.4. The first kappa shape index (κ1) is 14.7. The minimum Gasteiger partial charge on any atom is -0.298 e. The number of halogens is 1. The lowest BCUT2D eigenvalue weighted by Crippen LogP contribution is -1.96. The van der Waals surface area contributed by atoms with Gasteiger partial charge in [-0.2, -0.15) is 0 Å². The highest BCUT2D eigenvalue weighted by Crippen LogP contribution is 2.32. The van der Waals surface area contributed by atoms with Crippen LogP contribution in [-0.4, -0.2) is 21.0 Å². The summed E-state index contributed by atoms with van der Waals surface area (Å²) >= 11 is 1.08. The topological polar surface area (TPSA) is 51.2 Å². The molecule has 0 aliphatic heterocycles. The molecule has 0 aliphatic carbocycles. The van der Waals surface area contributed by atoms with Crippen LogP contribution in [0.1, 0.15) is 10.4 Å². The van der Waals surface area contributed by atoms with E-state index in [0.29, 0.717) is 11.2 Å². The average molecular weight is 310 g/mol. The number of hydrogen-bond donors (Lipinski definition) is 0. The third-order valence-electron chi connectivity index (χ3n) is 2.60. The molecular formula is C14H11FO3S2. The number of sulfone groups is 1. The Morgan fingerprint density at radius 2 is 1.75 bits per heavy atom. The second-order valence-corrected chi connectivity index (χ2v) is 7.22. The first-order valence-corrected chi connectivity index (χ1v) is 8.34. The largest absolute Gasteiger partial charge is 0.298 e. The Kier molecular flexibility index (Phi) is 4.25. The summed E-state index contributed by atoms with van der Waals surface area (Å²) in [5, 5.41) is 0. The summed E-state index contributed by atoms with van der Waals surface area (Å²) in [7, 11) is -3.25. The molecule has 0 radical (unpaired) electrons. The van der Waals surface area contributed by atoms with Crippen LogP contribution in [0.25, 0.3) is 0 Å². The van der Waals surface area contributed by atoms with E-state index in [1.54, 1.807) is 12.1 Å². The number of carbonyl (C=O) groups is 1. The summed E-state index contributed by atoms with van der Waals surface area (Å²) in [5.74, 6) is -0.480. The zero-order chi connectivity index (χ0) is 14.8. The van der Waals surface area contributed by atoms with Gasteiger partial charge in [-0.3, -0.25) is 4.79 Å². The fourth-order valence-corrected chi connectivity index (χ4v) is 3.14. The quantitative estimate of drug-likeness (QED) is 0.814. The van der Waals surface area contributed by atoms with Gasteiger partial charge >= 0.3 is 0 Å². The molecule has 0 N–H and O–H groups in total. The third-order valence-corrected chi connectivity index (χ3v) is 4.87. The molecule has 0 amide bonds. The minimum absolute atomic E-state index is 0.200. The number of benzene rings is 2. The lowest BCUT2D eigenvalue weighted by Gasteiger charge is -2.06. The van der Waals surface area contributed by atoms with Crippen LogP contribution in [0.3, 0.4) is 0 Å². The third kappa shape index (κ3) is 3.26. The molecule has 0 saturated heterocycles. The maximum atomic E-state index is 13.7. The number of hydrogen-bond acceptors (Lipinski definition) is 4.